The second kappa shape index (κ2) is 9.49. The number of hydrogen-bond donors (Lipinski definition) is 1. The summed E-state index contributed by atoms with van der Waals surface area (Å²) < 4.78 is 5.86. The van der Waals surface area contributed by atoms with E-state index in [4.69, 9.17) is 33.7 Å². The van der Waals surface area contributed by atoms with Gasteiger partial charge in [0.25, 0.3) is 0 Å². The lowest BCUT2D eigenvalue weighted by Gasteiger charge is -2.21. The van der Waals surface area contributed by atoms with Gasteiger partial charge in [0.15, 0.2) is 0 Å². The Morgan fingerprint density at radius 2 is 1.90 bits per heavy atom. The van der Waals surface area contributed by atoms with E-state index in [9.17, 15) is 0 Å². The molecule has 0 aromatic heterocycles. The zero-order valence-electron chi connectivity index (χ0n) is 12.4. The fraction of sp³-hybridized carbons (Fsp3) is 0.625. The van der Waals surface area contributed by atoms with Crippen LogP contribution >= 0.6 is 23.2 Å². The molecule has 0 aliphatic carbocycles. The molecule has 114 valence electrons. The van der Waals surface area contributed by atoms with E-state index in [-0.39, 0.29) is 0 Å². The molecule has 0 aliphatic heterocycles. The van der Waals surface area contributed by atoms with Crippen molar-refractivity contribution in [1.29, 1.82) is 0 Å². The van der Waals surface area contributed by atoms with Crippen LogP contribution in [-0.2, 0) is 0 Å². The van der Waals surface area contributed by atoms with Crippen molar-refractivity contribution in [3.63, 3.8) is 0 Å². The van der Waals surface area contributed by atoms with Gasteiger partial charge in [0, 0.05) is 10.6 Å². The Morgan fingerprint density at radius 3 is 2.50 bits per heavy atom. The number of rotatable bonds is 9. The molecule has 0 heterocycles. The van der Waals surface area contributed by atoms with Crippen LogP contribution in [0.1, 0.15) is 57.4 Å². The minimum absolute atomic E-state index is 0.409. The van der Waals surface area contributed by atoms with Gasteiger partial charge in [-0.3, -0.25) is 0 Å². The predicted molar refractivity (Wildman–Crippen MR) is 88.2 cm³/mol. The van der Waals surface area contributed by atoms with E-state index in [1.807, 2.05) is 6.07 Å². The highest BCUT2D eigenvalue weighted by atomic mass is 35.5. The molecular weight excluding hydrogens is 293 g/mol. The summed E-state index contributed by atoms with van der Waals surface area (Å²) in [5, 5.41) is 1.28. The molecule has 2 N–H and O–H groups in total. The lowest BCUT2D eigenvalue weighted by Crippen LogP contribution is -2.08. The van der Waals surface area contributed by atoms with Gasteiger partial charge in [-0.1, -0.05) is 43.5 Å². The van der Waals surface area contributed by atoms with Crippen LogP contribution in [0.2, 0.25) is 10.0 Å². The van der Waals surface area contributed by atoms with Crippen LogP contribution in [0, 0.1) is 0 Å². The molecule has 1 atom stereocenters. The first-order valence-electron chi connectivity index (χ1n) is 7.45. The Morgan fingerprint density at radius 1 is 1.15 bits per heavy atom. The molecule has 4 heteroatoms. The van der Waals surface area contributed by atoms with Gasteiger partial charge in [-0.05, 0) is 50.3 Å². The lowest BCUT2D eigenvalue weighted by atomic mass is 9.89. The van der Waals surface area contributed by atoms with Crippen LogP contribution in [0.3, 0.4) is 0 Å². The first-order chi connectivity index (χ1) is 9.63. The van der Waals surface area contributed by atoms with Gasteiger partial charge in [-0.15, -0.1) is 0 Å². The van der Waals surface area contributed by atoms with Gasteiger partial charge in [0.2, 0.25) is 0 Å². The number of hydrogen-bond acceptors (Lipinski definition) is 2. The van der Waals surface area contributed by atoms with E-state index in [1.54, 1.807) is 6.07 Å². The minimum atomic E-state index is 0.409. The van der Waals surface area contributed by atoms with Crippen molar-refractivity contribution in [3.8, 4) is 5.75 Å². The lowest BCUT2D eigenvalue weighted by molar-refractivity contribution is 0.310. The zero-order chi connectivity index (χ0) is 15.0. The van der Waals surface area contributed by atoms with Crippen molar-refractivity contribution < 1.29 is 4.74 Å². The second-order valence-corrected chi connectivity index (χ2v) is 5.91. The predicted octanol–water partition coefficient (Wildman–Crippen LogP) is 5.40. The number of benzene rings is 1. The Bertz CT molecular complexity index is 410. The van der Waals surface area contributed by atoms with Crippen LogP contribution in [0.25, 0.3) is 0 Å². The normalized spacial score (nSPS) is 12.4. The third-order valence-corrected chi connectivity index (χ3v) is 3.82. The third-order valence-electron chi connectivity index (χ3n) is 3.32. The quantitative estimate of drug-likeness (QED) is 0.661. The third kappa shape index (κ3) is 5.16. The fourth-order valence-electron chi connectivity index (χ4n) is 2.41. The van der Waals surface area contributed by atoms with E-state index in [1.165, 1.54) is 0 Å². The van der Waals surface area contributed by atoms with Gasteiger partial charge in [-0.25, -0.2) is 0 Å². The fourth-order valence-corrected chi connectivity index (χ4v) is 2.97. The standard InChI is InChI=1S/C16H25Cl2NO/c1-3-6-12(7-5-8-19)14-10-13(17)11-15(18)16(14)20-9-4-2/h10-12H,3-9,19H2,1-2H3. The average Bonchev–Trinajstić information content (AvgIpc) is 2.42. The largest absolute Gasteiger partial charge is 0.492 e. The molecule has 1 unspecified atom stereocenters. The number of nitrogens with two attached hydrogens (primary N) is 1. The van der Waals surface area contributed by atoms with Crippen molar-refractivity contribution in [2.75, 3.05) is 13.2 Å². The molecule has 0 saturated heterocycles. The Balaban J connectivity index is 3.08. The van der Waals surface area contributed by atoms with Crippen LogP contribution in [-0.4, -0.2) is 13.2 Å². The number of ether oxygens (including phenoxy) is 1. The molecule has 0 saturated carbocycles. The molecule has 2 nitrogen and oxygen atoms in total. The maximum atomic E-state index is 6.31. The molecular formula is C16H25Cl2NO. The second-order valence-electron chi connectivity index (χ2n) is 5.07. The van der Waals surface area contributed by atoms with Gasteiger partial charge < -0.3 is 10.5 Å². The highest BCUT2D eigenvalue weighted by Crippen LogP contribution is 2.40. The summed E-state index contributed by atoms with van der Waals surface area (Å²) in [6.07, 6.45) is 5.22. The minimum Gasteiger partial charge on any atom is -0.492 e. The first-order valence-corrected chi connectivity index (χ1v) is 8.21. The molecule has 0 fully saturated rings. The van der Waals surface area contributed by atoms with E-state index >= 15 is 0 Å². The van der Waals surface area contributed by atoms with Crippen molar-refractivity contribution in [2.45, 2.75) is 51.9 Å². The molecule has 1 rings (SSSR count). The molecule has 0 amide bonds. The van der Waals surface area contributed by atoms with Crippen LogP contribution in [0.4, 0.5) is 0 Å². The van der Waals surface area contributed by atoms with Gasteiger partial charge in [-0.2, -0.15) is 0 Å². The molecule has 20 heavy (non-hydrogen) atoms. The van der Waals surface area contributed by atoms with Crippen molar-refractivity contribution in [1.82, 2.24) is 0 Å². The summed E-state index contributed by atoms with van der Waals surface area (Å²) >= 11 is 12.5. The van der Waals surface area contributed by atoms with Crippen molar-refractivity contribution in [3.05, 3.63) is 27.7 Å². The summed E-state index contributed by atoms with van der Waals surface area (Å²) in [7, 11) is 0. The highest BCUT2D eigenvalue weighted by Gasteiger charge is 2.19. The Kier molecular flexibility index (Phi) is 8.35. The SMILES string of the molecule is CCCOc1c(Cl)cc(Cl)cc1C(CCC)CCCN. The van der Waals surface area contributed by atoms with E-state index in [2.05, 4.69) is 13.8 Å². The maximum absolute atomic E-state index is 6.31. The maximum Gasteiger partial charge on any atom is 0.141 e. The van der Waals surface area contributed by atoms with E-state index in [0.717, 1.165) is 43.4 Å². The van der Waals surface area contributed by atoms with Gasteiger partial charge >= 0.3 is 0 Å². The highest BCUT2D eigenvalue weighted by molar-refractivity contribution is 6.35. The first kappa shape index (κ1) is 17.6. The Hall–Kier alpha value is -0.440. The average molecular weight is 318 g/mol. The van der Waals surface area contributed by atoms with Crippen LogP contribution < -0.4 is 10.5 Å². The summed E-state index contributed by atoms with van der Waals surface area (Å²) in [5.74, 6) is 1.21. The molecule has 0 spiro atoms. The summed E-state index contributed by atoms with van der Waals surface area (Å²) in [5.41, 5.74) is 6.78. The zero-order valence-corrected chi connectivity index (χ0v) is 13.9. The van der Waals surface area contributed by atoms with Gasteiger partial charge in [0.05, 0.1) is 11.6 Å². The summed E-state index contributed by atoms with van der Waals surface area (Å²) in [6.45, 7) is 5.65. The number of halogens is 2. The molecule has 1 aromatic carbocycles. The van der Waals surface area contributed by atoms with Gasteiger partial charge in [0.1, 0.15) is 5.75 Å². The molecule has 1 aromatic rings. The Labute approximate surface area is 132 Å². The van der Waals surface area contributed by atoms with Crippen molar-refractivity contribution >= 4 is 23.2 Å². The van der Waals surface area contributed by atoms with E-state index < -0.39 is 0 Å². The van der Waals surface area contributed by atoms with E-state index in [0.29, 0.717) is 29.1 Å². The molecule has 0 bridgehead atoms. The van der Waals surface area contributed by atoms with Crippen LogP contribution in [0.15, 0.2) is 12.1 Å². The molecule has 0 aliphatic rings. The van der Waals surface area contributed by atoms with Crippen LogP contribution in [0.5, 0.6) is 5.75 Å². The smallest absolute Gasteiger partial charge is 0.141 e. The summed E-state index contributed by atoms with van der Waals surface area (Å²) in [6, 6.07) is 3.75. The molecule has 0 radical (unpaired) electrons. The topological polar surface area (TPSA) is 35.2 Å². The monoisotopic (exact) mass is 317 g/mol. The summed E-state index contributed by atoms with van der Waals surface area (Å²) in [4.78, 5) is 0. The van der Waals surface area contributed by atoms with Crippen molar-refractivity contribution in [2.24, 2.45) is 5.73 Å².